The molecular formula is C17H23Cl2N3O2S. The van der Waals surface area contributed by atoms with E-state index in [1.807, 2.05) is 0 Å². The molecule has 2 aliphatic heterocycles. The number of rotatable bonds is 5. The molecule has 8 heteroatoms. The smallest absolute Gasteiger partial charge is 0.255 e. The van der Waals surface area contributed by atoms with Crippen LogP contribution in [-0.2, 0) is 4.79 Å². The fourth-order valence-electron chi connectivity index (χ4n) is 3.10. The zero-order valence-electron chi connectivity index (χ0n) is 13.9. The number of nitrogens with zero attached hydrogens (tertiary/aromatic N) is 1. The van der Waals surface area contributed by atoms with Gasteiger partial charge in [0.25, 0.3) is 5.91 Å². The monoisotopic (exact) mass is 403 g/mol. The van der Waals surface area contributed by atoms with Crippen LogP contribution in [0.1, 0.15) is 23.2 Å². The summed E-state index contributed by atoms with van der Waals surface area (Å²) in [5.74, 6) is 1.68. The topological polar surface area (TPSA) is 61.4 Å². The highest BCUT2D eigenvalue weighted by molar-refractivity contribution is 7.99. The van der Waals surface area contributed by atoms with E-state index in [1.165, 1.54) is 6.42 Å². The molecule has 3 rings (SSSR count). The molecule has 0 aliphatic carbocycles. The average Bonchev–Trinajstić information content (AvgIpc) is 3.26. The average molecular weight is 404 g/mol. The molecule has 1 aromatic rings. The molecule has 2 atom stereocenters. The molecule has 2 saturated heterocycles. The minimum absolute atomic E-state index is 0. The molecule has 2 heterocycles. The number of hydrogen-bond acceptors (Lipinski definition) is 4. The van der Waals surface area contributed by atoms with Crippen LogP contribution in [0.2, 0.25) is 5.02 Å². The van der Waals surface area contributed by atoms with E-state index in [0.29, 0.717) is 34.7 Å². The van der Waals surface area contributed by atoms with Crippen LogP contribution in [0.5, 0.6) is 0 Å². The van der Waals surface area contributed by atoms with Crippen LogP contribution in [0.4, 0.5) is 0 Å². The van der Waals surface area contributed by atoms with Gasteiger partial charge in [-0.2, -0.15) is 0 Å². The van der Waals surface area contributed by atoms with Crippen molar-refractivity contribution in [1.82, 2.24) is 15.5 Å². The Bertz CT molecular complexity index is 594. The molecule has 2 unspecified atom stereocenters. The Morgan fingerprint density at radius 2 is 2.08 bits per heavy atom. The first-order valence-electron chi connectivity index (χ1n) is 8.28. The Kier molecular flexibility index (Phi) is 7.87. The molecule has 5 nitrogen and oxygen atoms in total. The second kappa shape index (κ2) is 9.67. The zero-order chi connectivity index (χ0) is 16.9. The van der Waals surface area contributed by atoms with E-state index in [1.54, 1.807) is 40.9 Å². The third-order valence-electron chi connectivity index (χ3n) is 4.55. The maximum Gasteiger partial charge on any atom is 0.255 e. The van der Waals surface area contributed by atoms with Crippen LogP contribution >= 0.6 is 35.8 Å². The Hall–Kier alpha value is -0.950. The highest BCUT2D eigenvalue weighted by Crippen LogP contribution is 2.24. The maximum atomic E-state index is 12.6. The molecule has 2 amide bonds. The van der Waals surface area contributed by atoms with E-state index in [0.717, 1.165) is 19.5 Å². The van der Waals surface area contributed by atoms with Crippen LogP contribution < -0.4 is 10.6 Å². The predicted molar refractivity (Wildman–Crippen MR) is 105 cm³/mol. The van der Waals surface area contributed by atoms with E-state index in [2.05, 4.69) is 10.6 Å². The number of halogens is 2. The second-order valence-corrected chi connectivity index (χ2v) is 7.67. The van der Waals surface area contributed by atoms with Gasteiger partial charge < -0.3 is 15.5 Å². The molecule has 0 aromatic heterocycles. The van der Waals surface area contributed by atoms with Crippen LogP contribution in [0.15, 0.2) is 24.3 Å². The van der Waals surface area contributed by atoms with Crippen molar-refractivity contribution in [3.63, 3.8) is 0 Å². The molecule has 2 aliphatic rings. The number of thioether (sulfide) groups is 1. The number of amides is 2. The lowest BCUT2D eigenvalue weighted by molar-refractivity contribution is -0.124. The van der Waals surface area contributed by atoms with Gasteiger partial charge in [0.15, 0.2) is 0 Å². The highest BCUT2D eigenvalue weighted by Gasteiger charge is 2.35. The van der Waals surface area contributed by atoms with Crippen LogP contribution in [0, 0.1) is 5.92 Å². The Morgan fingerprint density at radius 1 is 1.32 bits per heavy atom. The Balaban J connectivity index is 0.00000225. The molecule has 2 fully saturated rings. The second-order valence-electron chi connectivity index (χ2n) is 6.24. The van der Waals surface area contributed by atoms with E-state index in [4.69, 9.17) is 11.6 Å². The number of benzene rings is 1. The van der Waals surface area contributed by atoms with Gasteiger partial charge in [-0.3, -0.25) is 9.59 Å². The maximum absolute atomic E-state index is 12.6. The minimum atomic E-state index is -0.389. The van der Waals surface area contributed by atoms with Crippen molar-refractivity contribution in [1.29, 1.82) is 0 Å². The molecular weight excluding hydrogens is 381 g/mol. The molecule has 2 N–H and O–H groups in total. The first-order chi connectivity index (χ1) is 11.6. The summed E-state index contributed by atoms with van der Waals surface area (Å²) in [5.41, 5.74) is 0.566. The Morgan fingerprint density at radius 3 is 2.76 bits per heavy atom. The quantitative estimate of drug-likeness (QED) is 0.791. The van der Waals surface area contributed by atoms with Gasteiger partial charge in [-0.15, -0.1) is 24.2 Å². The minimum Gasteiger partial charge on any atom is -0.354 e. The molecule has 138 valence electrons. The summed E-state index contributed by atoms with van der Waals surface area (Å²) in [6.07, 6.45) is 2.17. The fourth-order valence-corrected chi connectivity index (χ4v) is 4.38. The van der Waals surface area contributed by atoms with Gasteiger partial charge >= 0.3 is 0 Å². The summed E-state index contributed by atoms with van der Waals surface area (Å²) < 4.78 is 0. The van der Waals surface area contributed by atoms with Crippen LogP contribution in [-0.4, -0.2) is 54.0 Å². The fraction of sp³-hybridized carbons (Fsp3) is 0.529. The normalized spacial score (nSPS) is 22.5. The van der Waals surface area contributed by atoms with Gasteiger partial charge in [-0.1, -0.05) is 11.6 Å². The third-order valence-corrected chi connectivity index (χ3v) is 5.82. The summed E-state index contributed by atoms with van der Waals surface area (Å²) in [5, 5.41) is 6.93. The summed E-state index contributed by atoms with van der Waals surface area (Å²) in [6.45, 7) is 2.78. The van der Waals surface area contributed by atoms with Crippen LogP contribution in [0.3, 0.4) is 0 Å². The van der Waals surface area contributed by atoms with Crippen molar-refractivity contribution in [2.45, 2.75) is 18.9 Å². The Labute approximate surface area is 163 Å². The van der Waals surface area contributed by atoms with E-state index < -0.39 is 0 Å². The first kappa shape index (κ1) is 20.4. The number of carbonyl (C=O) groups excluding carboxylic acids is 2. The van der Waals surface area contributed by atoms with Crippen molar-refractivity contribution >= 4 is 47.6 Å². The molecule has 0 saturated carbocycles. The van der Waals surface area contributed by atoms with Gasteiger partial charge in [0.2, 0.25) is 5.91 Å². The molecule has 0 spiro atoms. The summed E-state index contributed by atoms with van der Waals surface area (Å²) in [7, 11) is 0. The van der Waals surface area contributed by atoms with E-state index in [-0.39, 0.29) is 30.3 Å². The first-order valence-corrected chi connectivity index (χ1v) is 9.81. The lowest BCUT2D eigenvalue weighted by Gasteiger charge is -2.23. The zero-order valence-corrected chi connectivity index (χ0v) is 16.3. The van der Waals surface area contributed by atoms with Gasteiger partial charge in [0.05, 0.1) is 5.88 Å². The number of carbonyl (C=O) groups is 2. The summed E-state index contributed by atoms with van der Waals surface area (Å²) >= 11 is 7.48. The molecule has 0 radical (unpaired) electrons. The van der Waals surface area contributed by atoms with Crippen molar-refractivity contribution in [3.05, 3.63) is 34.9 Å². The lowest BCUT2D eigenvalue weighted by Crippen LogP contribution is -2.47. The SMILES string of the molecule is Cl.O=C(NCCC1CCNC1)C1CSCN1C(=O)c1ccc(Cl)cc1. The summed E-state index contributed by atoms with van der Waals surface area (Å²) in [4.78, 5) is 26.8. The van der Waals surface area contributed by atoms with E-state index >= 15 is 0 Å². The standard InChI is InChI=1S/C17H22ClN3O2S.ClH/c18-14-3-1-13(2-4-14)17(23)21-11-24-10-15(21)16(22)20-8-6-12-5-7-19-9-12;/h1-4,12,15,19H,5-11H2,(H,20,22);1H. The predicted octanol–water partition coefficient (Wildman–Crippen LogP) is 2.39. The van der Waals surface area contributed by atoms with Crippen molar-refractivity contribution in [2.24, 2.45) is 5.92 Å². The van der Waals surface area contributed by atoms with Gasteiger partial charge in [0, 0.05) is 22.9 Å². The van der Waals surface area contributed by atoms with Gasteiger partial charge in [-0.05, 0) is 56.1 Å². The van der Waals surface area contributed by atoms with Crippen molar-refractivity contribution in [2.75, 3.05) is 31.3 Å². The third kappa shape index (κ3) is 5.26. The lowest BCUT2D eigenvalue weighted by atomic mass is 10.1. The van der Waals surface area contributed by atoms with Gasteiger partial charge in [-0.25, -0.2) is 0 Å². The number of hydrogen-bond donors (Lipinski definition) is 2. The molecule has 1 aromatic carbocycles. The highest BCUT2D eigenvalue weighted by atomic mass is 35.5. The largest absolute Gasteiger partial charge is 0.354 e. The van der Waals surface area contributed by atoms with Crippen molar-refractivity contribution < 1.29 is 9.59 Å². The molecule has 0 bridgehead atoms. The number of nitrogens with one attached hydrogen (secondary N) is 2. The van der Waals surface area contributed by atoms with Gasteiger partial charge in [0.1, 0.15) is 6.04 Å². The molecule has 25 heavy (non-hydrogen) atoms. The van der Waals surface area contributed by atoms with Crippen molar-refractivity contribution in [3.8, 4) is 0 Å². The van der Waals surface area contributed by atoms with Crippen LogP contribution in [0.25, 0.3) is 0 Å². The summed E-state index contributed by atoms with van der Waals surface area (Å²) in [6, 6.07) is 6.41. The van der Waals surface area contributed by atoms with E-state index in [9.17, 15) is 9.59 Å².